The summed E-state index contributed by atoms with van der Waals surface area (Å²) in [4.78, 5) is 0. The van der Waals surface area contributed by atoms with Gasteiger partial charge in [-0.05, 0) is 13.8 Å². The average Bonchev–Trinajstić information content (AvgIpc) is 2.50. The third-order valence-corrected chi connectivity index (χ3v) is 1.92. The van der Waals surface area contributed by atoms with Gasteiger partial charge in [-0.25, -0.2) is 0 Å². The van der Waals surface area contributed by atoms with Gasteiger partial charge < -0.3 is 4.42 Å². The predicted octanol–water partition coefficient (Wildman–Crippen LogP) is 3.32. The molecule has 1 rings (SSSR count). The molecular formula is C7H7Cl3N2O. The maximum atomic E-state index is 5.53. The van der Waals surface area contributed by atoms with Crippen LogP contribution in [0.3, 0.4) is 0 Å². The van der Waals surface area contributed by atoms with Crippen molar-refractivity contribution in [3.05, 3.63) is 17.9 Å². The molecule has 0 aliphatic carbocycles. The quantitative estimate of drug-likeness (QED) is 0.708. The Balaban J connectivity index is 3.00. The molecule has 0 radical (unpaired) electrons. The van der Waals surface area contributed by atoms with E-state index in [-0.39, 0.29) is 5.89 Å². The van der Waals surface area contributed by atoms with Gasteiger partial charge in [-0.3, -0.25) is 0 Å². The first-order chi connectivity index (χ1) is 5.95. The SMILES string of the molecule is C/C=C(\C)c1nnc(C(Cl)(Cl)Cl)o1. The zero-order chi connectivity index (χ0) is 10.1. The molecule has 0 aliphatic rings. The van der Waals surface area contributed by atoms with E-state index in [1.54, 1.807) is 0 Å². The van der Waals surface area contributed by atoms with Gasteiger partial charge in [0.2, 0.25) is 5.89 Å². The Hall–Kier alpha value is -0.250. The summed E-state index contributed by atoms with van der Waals surface area (Å²) >= 11 is 16.6. The van der Waals surface area contributed by atoms with Crippen LogP contribution in [-0.2, 0) is 3.79 Å². The zero-order valence-corrected chi connectivity index (χ0v) is 9.28. The van der Waals surface area contributed by atoms with Crippen molar-refractivity contribution in [3.63, 3.8) is 0 Å². The Morgan fingerprint density at radius 2 is 2.00 bits per heavy atom. The number of halogens is 3. The van der Waals surface area contributed by atoms with Gasteiger partial charge in [0.25, 0.3) is 9.68 Å². The molecule has 0 aromatic carbocycles. The van der Waals surface area contributed by atoms with Gasteiger partial charge >= 0.3 is 0 Å². The molecule has 0 amide bonds. The molecule has 0 saturated heterocycles. The summed E-state index contributed by atoms with van der Waals surface area (Å²) in [6.45, 7) is 3.68. The van der Waals surface area contributed by atoms with E-state index < -0.39 is 3.79 Å². The first kappa shape index (κ1) is 10.8. The van der Waals surface area contributed by atoms with Crippen molar-refractivity contribution in [2.75, 3.05) is 0 Å². The predicted molar refractivity (Wildman–Crippen MR) is 52.9 cm³/mol. The van der Waals surface area contributed by atoms with Crippen LogP contribution in [0.5, 0.6) is 0 Å². The molecule has 72 valence electrons. The van der Waals surface area contributed by atoms with Crippen molar-refractivity contribution in [3.8, 4) is 0 Å². The summed E-state index contributed by atoms with van der Waals surface area (Å²) in [5.41, 5.74) is 0.841. The minimum atomic E-state index is -1.65. The fraction of sp³-hybridized carbons (Fsp3) is 0.429. The highest BCUT2D eigenvalue weighted by Crippen LogP contribution is 2.37. The maximum absolute atomic E-state index is 5.53. The monoisotopic (exact) mass is 240 g/mol. The summed E-state index contributed by atoms with van der Waals surface area (Å²) in [5, 5.41) is 7.32. The van der Waals surface area contributed by atoms with E-state index in [1.807, 2.05) is 19.9 Å². The van der Waals surface area contributed by atoms with Gasteiger partial charge in [0.1, 0.15) is 0 Å². The van der Waals surface area contributed by atoms with E-state index in [0.29, 0.717) is 5.89 Å². The molecule has 3 nitrogen and oxygen atoms in total. The molecule has 6 heteroatoms. The Morgan fingerprint density at radius 3 is 2.38 bits per heavy atom. The number of alkyl halides is 3. The number of hydrogen-bond donors (Lipinski definition) is 0. The van der Waals surface area contributed by atoms with Gasteiger partial charge in [0.05, 0.1) is 0 Å². The van der Waals surface area contributed by atoms with E-state index in [4.69, 9.17) is 39.2 Å². The lowest BCUT2D eigenvalue weighted by molar-refractivity contribution is 0.489. The number of rotatable bonds is 1. The summed E-state index contributed by atoms with van der Waals surface area (Å²) in [5.74, 6) is 0.345. The van der Waals surface area contributed by atoms with Crippen molar-refractivity contribution >= 4 is 40.4 Å². The average molecular weight is 242 g/mol. The van der Waals surface area contributed by atoms with Crippen LogP contribution in [0.1, 0.15) is 25.6 Å². The van der Waals surface area contributed by atoms with E-state index in [0.717, 1.165) is 5.57 Å². The van der Waals surface area contributed by atoms with Crippen molar-refractivity contribution in [1.82, 2.24) is 10.2 Å². The Morgan fingerprint density at radius 1 is 1.38 bits per heavy atom. The molecule has 0 N–H and O–H groups in total. The molecule has 0 saturated carbocycles. The van der Waals surface area contributed by atoms with Crippen LogP contribution < -0.4 is 0 Å². The number of allylic oxidation sites excluding steroid dienone is 2. The third-order valence-electron chi connectivity index (χ3n) is 1.44. The van der Waals surface area contributed by atoms with E-state index in [2.05, 4.69) is 10.2 Å². The van der Waals surface area contributed by atoms with Crippen LogP contribution in [0, 0.1) is 0 Å². The lowest BCUT2D eigenvalue weighted by atomic mass is 10.3. The van der Waals surface area contributed by atoms with Crippen molar-refractivity contribution in [1.29, 1.82) is 0 Å². The van der Waals surface area contributed by atoms with Gasteiger partial charge in [-0.2, -0.15) is 0 Å². The maximum Gasteiger partial charge on any atom is 0.268 e. The van der Waals surface area contributed by atoms with Gasteiger partial charge in [-0.1, -0.05) is 40.9 Å². The summed E-state index contributed by atoms with van der Waals surface area (Å²) in [6, 6.07) is 0. The highest BCUT2D eigenvalue weighted by atomic mass is 35.6. The first-order valence-corrected chi connectivity index (χ1v) is 4.62. The Labute approximate surface area is 90.7 Å². The van der Waals surface area contributed by atoms with Crippen molar-refractivity contribution < 1.29 is 4.42 Å². The molecule has 1 heterocycles. The standard InChI is InChI=1S/C7H7Cl3N2O/c1-3-4(2)5-11-12-6(13-5)7(8,9)10/h3H,1-2H3/b4-3+. The minimum Gasteiger partial charge on any atom is -0.416 e. The van der Waals surface area contributed by atoms with Crippen LogP contribution in [0.15, 0.2) is 10.5 Å². The molecule has 13 heavy (non-hydrogen) atoms. The van der Waals surface area contributed by atoms with Crippen LogP contribution in [-0.4, -0.2) is 10.2 Å². The van der Waals surface area contributed by atoms with Crippen molar-refractivity contribution in [2.45, 2.75) is 17.6 Å². The first-order valence-electron chi connectivity index (χ1n) is 3.49. The number of aromatic nitrogens is 2. The fourth-order valence-corrected chi connectivity index (χ4v) is 0.850. The van der Waals surface area contributed by atoms with E-state index in [1.165, 1.54) is 0 Å². The van der Waals surface area contributed by atoms with Gasteiger partial charge in [0, 0.05) is 5.57 Å². The van der Waals surface area contributed by atoms with Gasteiger partial charge in [-0.15, -0.1) is 10.2 Å². The van der Waals surface area contributed by atoms with Crippen LogP contribution >= 0.6 is 34.8 Å². The topological polar surface area (TPSA) is 38.9 Å². The number of nitrogens with zero attached hydrogens (tertiary/aromatic N) is 2. The smallest absolute Gasteiger partial charge is 0.268 e. The highest BCUT2D eigenvalue weighted by Gasteiger charge is 2.30. The molecular weight excluding hydrogens is 234 g/mol. The van der Waals surface area contributed by atoms with Gasteiger partial charge in [0.15, 0.2) is 0 Å². The fourth-order valence-electron chi connectivity index (χ4n) is 0.621. The second kappa shape index (κ2) is 3.86. The largest absolute Gasteiger partial charge is 0.416 e. The highest BCUT2D eigenvalue weighted by molar-refractivity contribution is 6.66. The molecule has 1 aromatic heterocycles. The molecule has 1 aromatic rings. The van der Waals surface area contributed by atoms with Crippen molar-refractivity contribution in [2.24, 2.45) is 0 Å². The Bertz CT molecular complexity index is 327. The molecule has 0 bridgehead atoms. The minimum absolute atomic E-state index is 0.0197. The van der Waals surface area contributed by atoms with Crippen LogP contribution in [0.25, 0.3) is 5.57 Å². The summed E-state index contributed by atoms with van der Waals surface area (Å²) in [7, 11) is 0. The molecule has 0 fully saturated rings. The summed E-state index contributed by atoms with van der Waals surface area (Å²) < 4.78 is 3.46. The molecule has 0 spiro atoms. The normalized spacial score (nSPS) is 13.5. The van der Waals surface area contributed by atoms with E-state index in [9.17, 15) is 0 Å². The van der Waals surface area contributed by atoms with Crippen LogP contribution in [0.2, 0.25) is 0 Å². The molecule has 0 atom stereocenters. The summed E-state index contributed by atoms with van der Waals surface area (Å²) in [6.07, 6.45) is 1.83. The molecule has 0 aliphatic heterocycles. The lowest BCUT2D eigenvalue weighted by Crippen LogP contribution is -1.99. The van der Waals surface area contributed by atoms with E-state index >= 15 is 0 Å². The third kappa shape index (κ3) is 2.59. The molecule has 0 unspecified atom stereocenters. The lowest BCUT2D eigenvalue weighted by Gasteiger charge is -2.02. The second-order valence-corrected chi connectivity index (χ2v) is 4.66. The number of hydrogen-bond acceptors (Lipinski definition) is 3. The second-order valence-electron chi connectivity index (χ2n) is 2.38. The zero-order valence-electron chi connectivity index (χ0n) is 7.01. The Kier molecular flexibility index (Phi) is 3.22. The van der Waals surface area contributed by atoms with Crippen LogP contribution in [0.4, 0.5) is 0 Å².